The molecule has 0 aliphatic rings. The Labute approximate surface area is 322 Å². The number of hydrogen-bond acceptors (Lipinski definition) is 5. The van der Waals surface area contributed by atoms with Gasteiger partial charge in [0.25, 0.3) is 0 Å². The maximum atomic E-state index is 6.78. The molecule has 0 saturated carbocycles. The molecule has 0 aliphatic carbocycles. The van der Waals surface area contributed by atoms with Crippen molar-refractivity contribution in [3.05, 3.63) is 188 Å². The normalized spacial score (nSPS) is 11.6. The van der Waals surface area contributed by atoms with E-state index in [9.17, 15) is 0 Å². The van der Waals surface area contributed by atoms with Crippen LogP contribution in [0.3, 0.4) is 0 Å². The molecule has 11 rings (SSSR count). The lowest BCUT2D eigenvalue weighted by molar-refractivity contribution is 0.669. The summed E-state index contributed by atoms with van der Waals surface area (Å²) in [5.41, 5.74) is 12.4. The SMILES string of the molecule is c1ccc(-c2ccc3oc4cccc(-c5nc(-c6ccccc6)nc(-c6cccc(-c7cccc8c7oc7c(-c9ccccc9)cccc78)c6)n5)c4c3c2)cc1. The molecule has 5 nitrogen and oxygen atoms in total. The van der Waals surface area contributed by atoms with Gasteiger partial charge in [-0.25, -0.2) is 15.0 Å². The number of nitrogens with zero attached hydrogens (tertiary/aromatic N) is 3. The van der Waals surface area contributed by atoms with Crippen molar-refractivity contribution < 1.29 is 8.83 Å². The quantitative estimate of drug-likeness (QED) is 0.171. The molecular weight excluding hydrogens is 687 g/mol. The molecule has 0 atom stereocenters. The van der Waals surface area contributed by atoms with Gasteiger partial charge < -0.3 is 8.83 Å². The van der Waals surface area contributed by atoms with Crippen LogP contribution < -0.4 is 0 Å². The summed E-state index contributed by atoms with van der Waals surface area (Å²) in [6.07, 6.45) is 0. The van der Waals surface area contributed by atoms with Gasteiger partial charge in [-0.2, -0.15) is 0 Å². The number of fused-ring (bicyclic) bond motifs is 6. The molecule has 0 saturated heterocycles. The van der Waals surface area contributed by atoms with E-state index >= 15 is 0 Å². The molecule has 0 N–H and O–H groups in total. The van der Waals surface area contributed by atoms with Crippen molar-refractivity contribution in [3.8, 4) is 67.5 Å². The Hall–Kier alpha value is -7.63. The molecule has 0 bridgehead atoms. The van der Waals surface area contributed by atoms with E-state index in [1.165, 1.54) is 0 Å². The van der Waals surface area contributed by atoms with Crippen LogP contribution in [0.5, 0.6) is 0 Å². The highest BCUT2D eigenvalue weighted by molar-refractivity contribution is 6.14. The predicted octanol–water partition coefficient (Wildman–Crippen LogP) is 13.7. The van der Waals surface area contributed by atoms with E-state index in [-0.39, 0.29) is 0 Å². The van der Waals surface area contributed by atoms with Crippen LogP contribution in [0.4, 0.5) is 0 Å². The molecule has 262 valence electrons. The minimum Gasteiger partial charge on any atom is -0.456 e. The Bertz CT molecular complexity index is 3240. The van der Waals surface area contributed by atoms with Crippen molar-refractivity contribution in [2.45, 2.75) is 0 Å². The average Bonchev–Trinajstić information content (AvgIpc) is 3.86. The van der Waals surface area contributed by atoms with Crippen LogP contribution in [-0.4, -0.2) is 15.0 Å². The summed E-state index contributed by atoms with van der Waals surface area (Å²) >= 11 is 0. The first-order valence-electron chi connectivity index (χ1n) is 18.7. The Morgan fingerprint density at radius 3 is 1.54 bits per heavy atom. The highest BCUT2D eigenvalue weighted by Crippen LogP contribution is 2.41. The number of furan rings is 2. The molecule has 0 amide bonds. The zero-order valence-corrected chi connectivity index (χ0v) is 30.1. The molecule has 56 heavy (non-hydrogen) atoms. The van der Waals surface area contributed by atoms with Crippen LogP contribution in [0, 0.1) is 0 Å². The number of aromatic nitrogens is 3. The van der Waals surface area contributed by atoms with Crippen LogP contribution in [-0.2, 0) is 0 Å². The van der Waals surface area contributed by atoms with Gasteiger partial charge in [-0.05, 0) is 46.5 Å². The van der Waals surface area contributed by atoms with Crippen molar-refractivity contribution in [1.82, 2.24) is 15.0 Å². The van der Waals surface area contributed by atoms with E-state index in [0.717, 1.165) is 93.9 Å². The maximum Gasteiger partial charge on any atom is 0.164 e. The second kappa shape index (κ2) is 13.0. The van der Waals surface area contributed by atoms with E-state index in [0.29, 0.717) is 17.5 Å². The van der Waals surface area contributed by atoms with E-state index in [4.69, 9.17) is 23.8 Å². The summed E-state index contributed by atoms with van der Waals surface area (Å²) in [5, 5.41) is 4.14. The molecule has 11 aromatic rings. The monoisotopic (exact) mass is 717 g/mol. The lowest BCUT2D eigenvalue weighted by Gasteiger charge is -2.10. The largest absolute Gasteiger partial charge is 0.456 e. The Morgan fingerprint density at radius 2 is 0.821 bits per heavy atom. The number of benzene rings is 8. The fraction of sp³-hybridized carbons (Fsp3) is 0. The summed E-state index contributed by atoms with van der Waals surface area (Å²) in [4.78, 5) is 15.4. The molecule has 0 spiro atoms. The van der Waals surface area contributed by atoms with Crippen LogP contribution in [0.15, 0.2) is 197 Å². The third-order valence-corrected chi connectivity index (χ3v) is 10.6. The van der Waals surface area contributed by atoms with E-state index < -0.39 is 0 Å². The van der Waals surface area contributed by atoms with Gasteiger partial charge >= 0.3 is 0 Å². The smallest absolute Gasteiger partial charge is 0.164 e. The fourth-order valence-electron chi connectivity index (χ4n) is 7.88. The molecule has 3 heterocycles. The van der Waals surface area contributed by atoms with Crippen LogP contribution in [0.1, 0.15) is 0 Å². The van der Waals surface area contributed by atoms with Gasteiger partial charge in [0.2, 0.25) is 0 Å². The summed E-state index contributed by atoms with van der Waals surface area (Å²) < 4.78 is 13.2. The van der Waals surface area contributed by atoms with Gasteiger partial charge in [0.1, 0.15) is 22.3 Å². The van der Waals surface area contributed by atoms with Crippen molar-refractivity contribution >= 4 is 43.9 Å². The summed E-state index contributed by atoms with van der Waals surface area (Å²) in [5.74, 6) is 1.75. The average molecular weight is 718 g/mol. The second-order valence-corrected chi connectivity index (χ2v) is 13.9. The summed E-state index contributed by atoms with van der Waals surface area (Å²) in [6, 6.07) is 64.4. The van der Waals surface area contributed by atoms with Gasteiger partial charge in [-0.1, -0.05) is 164 Å². The third kappa shape index (κ3) is 5.37. The molecule has 5 heteroatoms. The summed E-state index contributed by atoms with van der Waals surface area (Å²) in [6.45, 7) is 0. The van der Waals surface area contributed by atoms with Crippen molar-refractivity contribution in [2.75, 3.05) is 0 Å². The number of rotatable bonds is 6. The van der Waals surface area contributed by atoms with Crippen LogP contribution in [0.25, 0.3) is 111 Å². The van der Waals surface area contributed by atoms with Gasteiger partial charge in [0.05, 0.1) is 0 Å². The van der Waals surface area contributed by atoms with Crippen molar-refractivity contribution in [3.63, 3.8) is 0 Å². The first-order chi connectivity index (χ1) is 27.7. The second-order valence-electron chi connectivity index (χ2n) is 13.9. The zero-order valence-electron chi connectivity index (χ0n) is 30.1. The molecule has 0 aliphatic heterocycles. The third-order valence-electron chi connectivity index (χ3n) is 10.6. The van der Waals surface area contributed by atoms with E-state index in [1.807, 2.05) is 60.7 Å². The molecule has 0 fully saturated rings. The van der Waals surface area contributed by atoms with Crippen LogP contribution >= 0.6 is 0 Å². The van der Waals surface area contributed by atoms with Gasteiger partial charge in [-0.3, -0.25) is 0 Å². The maximum absolute atomic E-state index is 6.78. The molecule has 0 unspecified atom stereocenters. The topological polar surface area (TPSA) is 65.0 Å². The number of para-hydroxylation sites is 2. The Balaban J connectivity index is 1.08. The Kier molecular flexibility index (Phi) is 7.42. The first kappa shape index (κ1) is 31.9. The fourth-order valence-corrected chi connectivity index (χ4v) is 7.88. The van der Waals surface area contributed by atoms with Crippen molar-refractivity contribution in [2.24, 2.45) is 0 Å². The van der Waals surface area contributed by atoms with Crippen LogP contribution in [0.2, 0.25) is 0 Å². The minimum absolute atomic E-state index is 0.575. The number of hydrogen-bond donors (Lipinski definition) is 0. The Morgan fingerprint density at radius 1 is 0.286 bits per heavy atom. The molecule has 3 aromatic heterocycles. The predicted molar refractivity (Wildman–Crippen MR) is 227 cm³/mol. The molecule has 0 radical (unpaired) electrons. The first-order valence-corrected chi connectivity index (χ1v) is 18.7. The lowest BCUT2D eigenvalue weighted by atomic mass is 9.99. The zero-order chi connectivity index (χ0) is 37.0. The van der Waals surface area contributed by atoms with E-state index in [2.05, 4.69) is 127 Å². The molecular formula is C51H31N3O2. The minimum atomic E-state index is 0.575. The molecule has 8 aromatic carbocycles. The summed E-state index contributed by atoms with van der Waals surface area (Å²) in [7, 11) is 0. The highest BCUT2D eigenvalue weighted by atomic mass is 16.3. The highest BCUT2D eigenvalue weighted by Gasteiger charge is 2.20. The van der Waals surface area contributed by atoms with E-state index in [1.54, 1.807) is 0 Å². The lowest BCUT2D eigenvalue weighted by Crippen LogP contribution is -2.00. The van der Waals surface area contributed by atoms with Gasteiger partial charge in [-0.15, -0.1) is 0 Å². The van der Waals surface area contributed by atoms with Crippen molar-refractivity contribution in [1.29, 1.82) is 0 Å². The standard InChI is InChI=1S/C51H31N3O2/c1-4-14-32(15-5-1)35-28-29-44-43(31-35)46-42(26-13-27-45(46)55-44)51-53-49(34-18-8-3-9-19-34)52-50(54-51)37-21-10-20-36(30-37)39-23-12-25-41-40-24-11-22-38(47(40)56-48(39)41)33-16-6-2-7-17-33/h1-31H. The van der Waals surface area contributed by atoms with Gasteiger partial charge in [0.15, 0.2) is 17.5 Å². The van der Waals surface area contributed by atoms with Gasteiger partial charge in [0, 0.05) is 49.4 Å².